The van der Waals surface area contributed by atoms with E-state index in [9.17, 15) is 14.7 Å². The Morgan fingerprint density at radius 3 is 2.60 bits per heavy atom. The van der Waals surface area contributed by atoms with Crippen LogP contribution in [0.4, 0.5) is 0 Å². The van der Waals surface area contributed by atoms with E-state index in [0.717, 1.165) is 18.4 Å². The first-order chi connectivity index (χ1) is 12.0. The SMILES string of the molecule is CC(C)c1ccc(/C=C/CC(=O)NC(C(=O)O)C2CCCOC2)cc1. The minimum Gasteiger partial charge on any atom is -0.480 e. The molecule has 1 saturated heterocycles. The molecule has 2 unspecified atom stereocenters. The zero-order chi connectivity index (χ0) is 18.2. The normalized spacial score (nSPS) is 19.1. The van der Waals surface area contributed by atoms with Gasteiger partial charge in [0.1, 0.15) is 6.04 Å². The quantitative estimate of drug-likeness (QED) is 0.796. The number of hydrogen-bond donors (Lipinski definition) is 2. The molecule has 0 radical (unpaired) electrons. The lowest BCUT2D eigenvalue weighted by molar-refractivity contribution is -0.145. The molecule has 1 aliphatic heterocycles. The van der Waals surface area contributed by atoms with Crippen LogP contribution in [0.3, 0.4) is 0 Å². The predicted molar refractivity (Wildman–Crippen MR) is 97.3 cm³/mol. The smallest absolute Gasteiger partial charge is 0.326 e. The molecular weight excluding hydrogens is 318 g/mol. The van der Waals surface area contributed by atoms with Crippen molar-refractivity contribution >= 4 is 18.0 Å². The summed E-state index contributed by atoms with van der Waals surface area (Å²) in [4.78, 5) is 23.5. The molecule has 0 spiro atoms. The lowest BCUT2D eigenvalue weighted by Gasteiger charge is -2.27. The number of amides is 1. The third kappa shape index (κ3) is 6.02. The van der Waals surface area contributed by atoms with Gasteiger partial charge in [-0.05, 0) is 29.9 Å². The van der Waals surface area contributed by atoms with Gasteiger partial charge in [0.25, 0.3) is 0 Å². The molecule has 2 atom stereocenters. The molecule has 1 aromatic carbocycles. The summed E-state index contributed by atoms with van der Waals surface area (Å²) >= 11 is 0. The highest BCUT2D eigenvalue weighted by atomic mass is 16.5. The Labute approximate surface area is 149 Å². The minimum absolute atomic E-state index is 0.156. The second-order valence-corrected chi connectivity index (χ2v) is 6.79. The van der Waals surface area contributed by atoms with E-state index in [1.807, 2.05) is 18.2 Å². The summed E-state index contributed by atoms with van der Waals surface area (Å²) in [6.07, 6.45) is 5.38. The number of hydrogen-bond acceptors (Lipinski definition) is 3. The predicted octanol–water partition coefficient (Wildman–Crippen LogP) is 3.21. The number of carbonyl (C=O) groups excluding carboxylic acids is 1. The van der Waals surface area contributed by atoms with Crippen LogP contribution in [-0.4, -0.2) is 36.2 Å². The molecule has 0 bridgehead atoms. The molecule has 1 aliphatic rings. The monoisotopic (exact) mass is 345 g/mol. The van der Waals surface area contributed by atoms with E-state index in [4.69, 9.17) is 4.74 Å². The molecule has 1 fully saturated rings. The highest BCUT2D eigenvalue weighted by molar-refractivity contribution is 5.85. The number of carboxylic acid groups (broad SMARTS) is 1. The largest absolute Gasteiger partial charge is 0.480 e. The number of carbonyl (C=O) groups is 2. The lowest BCUT2D eigenvalue weighted by atomic mass is 9.93. The first kappa shape index (κ1) is 19.2. The summed E-state index contributed by atoms with van der Waals surface area (Å²) in [5.41, 5.74) is 2.29. The summed E-state index contributed by atoms with van der Waals surface area (Å²) in [5.74, 6) is -0.964. The number of nitrogens with one attached hydrogen (secondary N) is 1. The summed E-state index contributed by atoms with van der Waals surface area (Å²) in [6.45, 7) is 5.33. The molecule has 25 heavy (non-hydrogen) atoms. The van der Waals surface area contributed by atoms with E-state index >= 15 is 0 Å². The maximum absolute atomic E-state index is 12.1. The van der Waals surface area contributed by atoms with Gasteiger partial charge in [0.2, 0.25) is 5.91 Å². The van der Waals surface area contributed by atoms with E-state index in [2.05, 4.69) is 31.3 Å². The van der Waals surface area contributed by atoms with Crippen LogP contribution in [0, 0.1) is 5.92 Å². The molecule has 5 nitrogen and oxygen atoms in total. The highest BCUT2D eigenvalue weighted by Gasteiger charge is 2.30. The van der Waals surface area contributed by atoms with Crippen molar-refractivity contribution in [2.24, 2.45) is 5.92 Å². The Balaban J connectivity index is 1.86. The van der Waals surface area contributed by atoms with Crippen molar-refractivity contribution < 1.29 is 19.4 Å². The Bertz CT molecular complexity index is 601. The van der Waals surface area contributed by atoms with Gasteiger partial charge >= 0.3 is 5.97 Å². The Morgan fingerprint density at radius 1 is 1.32 bits per heavy atom. The molecule has 1 aromatic rings. The average Bonchev–Trinajstić information content (AvgIpc) is 2.60. The van der Waals surface area contributed by atoms with Gasteiger partial charge in [0.15, 0.2) is 0 Å². The maximum Gasteiger partial charge on any atom is 0.326 e. The average molecular weight is 345 g/mol. The fraction of sp³-hybridized carbons (Fsp3) is 0.500. The topological polar surface area (TPSA) is 75.6 Å². The van der Waals surface area contributed by atoms with Gasteiger partial charge in [-0.25, -0.2) is 4.79 Å². The van der Waals surface area contributed by atoms with Gasteiger partial charge in [0, 0.05) is 18.9 Å². The highest BCUT2D eigenvalue weighted by Crippen LogP contribution is 2.18. The Kier molecular flexibility index (Phi) is 7.19. The molecule has 0 saturated carbocycles. The lowest BCUT2D eigenvalue weighted by Crippen LogP contribution is -2.48. The van der Waals surface area contributed by atoms with Gasteiger partial charge in [-0.3, -0.25) is 4.79 Å². The van der Waals surface area contributed by atoms with Gasteiger partial charge in [-0.1, -0.05) is 50.3 Å². The molecule has 136 valence electrons. The number of aliphatic carboxylic acids is 1. The van der Waals surface area contributed by atoms with Crippen LogP contribution in [0.25, 0.3) is 6.08 Å². The van der Waals surface area contributed by atoms with Crippen LogP contribution >= 0.6 is 0 Å². The Hall–Kier alpha value is -2.14. The molecule has 1 amide bonds. The third-order valence-electron chi connectivity index (χ3n) is 4.47. The van der Waals surface area contributed by atoms with E-state index in [1.165, 1.54) is 5.56 Å². The number of carboxylic acids is 1. The van der Waals surface area contributed by atoms with Crippen molar-refractivity contribution in [3.05, 3.63) is 41.5 Å². The second kappa shape index (κ2) is 9.37. The first-order valence-electron chi connectivity index (χ1n) is 8.83. The number of benzene rings is 1. The van der Waals surface area contributed by atoms with Crippen LogP contribution < -0.4 is 5.32 Å². The summed E-state index contributed by atoms with van der Waals surface area (Å²) < 4.78 is 5.33. The van der Waals surface area contributed by atoms with E-state index < -0.39 is 12.0 Å². The summed E-state index contributed by atoms with van der Waals surface area (Å²) in [6, 6.07) is 7.31. The fourth-order valence-electron chi connectivity index (χ4n) is 2.94. The van der Waals surface area contributed by atoms with Crippen molar-refractivity contribution in [2.45, 2.75) is 45.1 Å². The summed E-state index contributed by atoms with van der Waals surface area (Å²) in [7, 11) is 0. The van der Waals surface area contributed by atoms with Crippen molar-refractivity contribution in [2.75, 3.05) is 13.2 Å². The third-order valence-corrected chi connectivity index (χ3v) is 4.47. The molecular formula is C20H27NO4. The Morgan fingerprint density at radius 2 is 2.04 bits per heavy atom. The zero-order valence-corrected chi connectivity index (χ0v) is 14.9. The van der Waals surface area contributed by atoms with Crippen molar-refractivity contribution in [3.63, 3.8) is 0 Å². The molecule has 2 rings (SSSR count). The standard InChI is InChI=1S/C20H27NO4/c1-14(2)16-10-8-15(9-11-16)5-3-7-18(22)21-19(20(23)24)17-6-4-12-25-13-17/h3,5,8-11,14,17,19H,4,6-7,12-13H2,1-2H3,(H,21,22)(H,23,24)/b5-3+. The van der Waals surface area contributed by atoms with Crippen LogP contribution in [0.2, 0.25) is 0 Å². The second-order valence-electron chi connectivity index (χ2n) is 6.79. The maximum atomic E-state index is 12.1. The molecule has 2 N–H and O–H groups in total. The van der Waals surface area contributed by atoms with Gasteiger partial charge in [-0.15, -0.1) is 0 Å². The van der Waals surface area contributed by atoms with Crippen molar-refractivity contribution in [1.82, 2.24) is 5.32 Å². The van der Waals surface area contributed by atoms with E-state index in [1.54, 1.807) is 6.08 Å². The molecule has 5 heteroatoms. The molecule has 1 heterocycles. The fourth-order valence-corrected chi connectivity index (χ4v) is 2.94. The van der Waals surface area contributed by atoms with E-state index in [-0.39, 0.29) is 18.2 Å². The van der Waals surface area contributed by atoms with Gasteiger partial charge in [-0.2, -0.15) is 0 Å². The summed E-state index contributed by atoms with van der Waals surface area (Å²) in [5, 5.41) is 12.0. The molecule has 0 aromatic heterocycles. The van der Waals surface area contributed by atoms with Gasteiger partial charge in [0.05, 0.1) is 6.61 Å². The van der Waals surface area contributed by atoms with Crippen molar-refractivity contribution in [1.29, 1.82) is 0 Å². The van der Waals surface area contributed by atoms with Crippen LogP contribution in [0.1, 0.15) is 50.2 Å². The first-order valence-corrected chi connectivity index (χ1v) is 8.83. The number of ether oxygens (including phenoxy) is 1. The zero-order valence-electron chi connectivity index (χ0n) is 14.9. The van der Waals surface area contributed by atoms with Gasteiger partial charge < -0.3 is 15.2 Å². The van der Waals surface area contributed by atoms with Crippen LogP contribution in [0.5, 0.6) is 0 Å². The molecule has 0 aliphatic carbocycles. The number of rotatable bonds is 7. The minimum atomic E-state index is -1.00. The van der Waals surface area contributed by atoms with E-state index in [0.29, 0.717) is 19.1 Å². The van der Waals surface area contributed by atoms with Crippen molar-refractivity contribution in [3.8, 4) is 0 Å². The van der Waals surface area contributed by atoms with Crippen LogP contribution in [-0.2, 0) is 14.3 Å². The van der Waals surface area contributed by atoms with Crippen LogP contribution in [0.15, 0.2) is 30.3 Å².